The van der Waals surface area contributed by atoms with Gasteiger partial charge in [-0.3, -0.25) is 0 Å². The molecule has 0 heterocycles. The highest BCUT2D eigenvalue weighted by atomic mass is 16.5. The minimum atomic E-state index is 0.389. The number of benzene rings is 1. The third-order valence-corrected chi connectivity index (χ3v) is 4.82. The summed E-state index contributed by atoms with van der Waals surface area (Å²) < 4.78 is 5.48. The van der Waals surface area contributed by atoms with Crippen LogP contribution in [0.15, 0.2) is 36.9 Å². The first-order chi connectivity index (χ1) is 8.89. The quantitative estimate of drug-likeness (QED) is 0.785. The SMILES string of the molecule is C=CCOc1ccc(CNC2C(C)(C)C2(C)C)cc1. The van der Waals surface area contributed by atoms with E-state index in [1.165, 1.54) is 5.56 Å². The highest BCUT2D eigenvalue weighted by molar-refractivity contribution is 5.28. The largest absolute Gasteiger partial charge is 0.490 e. The van der Waals surface area contributed by atoms with Crippen LogP contribution in [0.5, 0.6) is 5.75 Å². The Morgan fingerprint density at radius 3 is 2.21 bits per heavy atom. The van der Waals surface area contributed by atoms with Crippen molar-refractivity contribution in [1.29, 1.82) is 0 Å². The van der Waals surface area contributed by atoms with Crippen molar-refractivity contribution in [2.24, 2.45) is 10.8 Å². The zero-order valence-corrected chi connectivity index (χ0v) is 12.5. The Morgan fingerprint density at radius 2 is 1.74 bits per heavy atom. The van der Waals surface area contributed by atoms with Crippen LogP contribution in [0.3, 0.4) is 0 Å². The second-order valence-electron chi connectivity index (χ2n) is 6.50. The van der Waals surface area contributed by atoms with Gasteiger partial charge in [0.1, 0.15) is 12.4 Å². The van der Waals surface area contributed by atoms with Crippen LogP contribution < -0.4 is 10.1 Å². The van der Waals surface area contributed by atoms with Crippen LogP contribution in [-0.2, 0) is 6.54 Å². The van der Waals surface area contributed by atoms with Gasteiger partial charge in [0, 0.05) is 12.6 Å². The van der Waals surface area contributed by atoms with E-state index in [0.29, 0.717) is 23.5 Å². The van der Waals surface area contributed by atoms with Crippen molar-refractivity contribution in [1.82, 2.24) is 5.32 Å². The normalized spacial score (nSPS) is 20.0. The molecule has 2 nitrogen and oxygen atoms in total. The van der Waals surface area contributed by atoms with Gasteiger partial charge in [0.2, 0.25) is 0 Å². The smallest absolute Gasteiger partial charge is 0.119 e. The minimum absolute atomic E-state index is 0.389. The molecule has 0 atom stereocenters. The van der Waals surface area contributed by atoms with E-state index in [1.54, 1.807) is 6.08 Å². The number of nitrogens with one attached hydrogen (secondary N) is 1. The predicted octanol–water partition coefficient (Wildman–Crippen LogP) is 3.78. The lowest BCUT2D eigenvalue weighted by Gasteiger charge is -2.08. The first kappa shape index (κ1) is 14.1. The molecule has 0 aliphatic heterocycles. The minimum Gasteiger partial charge on any atom is -0.490 e. The van der Waals surface area contributed by atoms with Crippen LogP contribution in [0, 0.1) is 10.8 Å². The Bertz CT molecular complexity index is 431. The van der Waals surface area contributed by atoms with Crippen molar-refractivity contribution in [2.75, 3.05) is 6.61 Å². The van der Waals surface area contributed by atoms with Gasteiger partial charge in [-0.05, 0) is 28.5 Å². The fraction of sp³-hybridized carbons (Fsp3) is 0.529. The molecule has 0 spiro atoms. The van der Waals surface area contributed by atoms with Crippen molar-refractivity contribution in [3.05, 3.63) is 42.5 Å². The summed E-state index contributed by atoms with van der Waals surface area (Å²) in [6.45, 7) is 14.4. The van der Waals surface area contributed by atoms with E-state index in [1.807, 2.05) is 12.1 Å². The van der Waals surface area contributed by atoms with E-state index in [-0.39, 0.29) is 0 Å². The Kier molecular flexibility index (Phi) is 3.73. The van der Waals surface area contributed by atoms with Crippen LogP contribution in [0.2, 0.25) is 0 Å². The summed E-state index contributed by atoms with van der Waals surface area (Å²) in [6, 6.07) is 8.87. The molecule has 0 amide bonds. The summed E-state index contributed by atoms with van der Waals surface area (Å²) in [5.41, 5.74) is 2.07. The second-order valence-corrected chi connectivity index (χ2v) is 6.50. The lowest BCUT2D eigenvalue weighted by Crippen LogP contribution is -2.21. The maximum Gasteiger partial charge on any atom is 0.119 e. The maximum atomic E-state index is 5.48. The Labute approximate surface area is 116 Å². The van der Waals surface area contributed by atoms with Gasteiger partial charge in [-0.1, -0.05) is 52.5 Å². The Balaban J connectivity index is 1.86. The fourth-order valence-corrected chi connectivity index (χ4v) is 2.79. The topological polar surface area (TPSA) is 21.3 Å². The van der Waals surface area contributed by atoms with Crippen molar-refractivity contribution in [2.45, 2.75) is 40.3 Å². The van der Waals surface area contributed by atoms with Gasteiger partial charge < -0.3 is 10.1 Å². The average Bonchev–Trinajstić information content (AvgIpc) is 2.76. The second kappa shape index (κ2) is 5.01. The van der Waals surface area contributed by atoms with E-state index in [9.17, 15) is 0 Å². The molecule has 0 radical (unpaired) electrons. The van der Waals surface area contributed by atoms with Crippen LogP contribution in [0.4, 0.5) is 0 Å². The van der Waals surface area contributed by atoms with Crippen molar-refractivity contribution in [3.8, 4) is 5.75 Å². The van der Waals surface area contributed by atoms with E-state index >= 15 is 0 Å². The highest BCUT2D eigenvalue weighted by Gasteiger charge is 2.64. The number of hydrogen-bond donors (Lipinski definition) is 1. The lowest BCUT2D eigenvalue weighted by molar-refractivity contribution is 0.363. The molecule has 2 heteroatoms. The molecule has 0 aromatic heterocycles. The molecule has 1 N–H and O–H groups in total. The molecule has 0 saturated heterocycles. The third kappa shape index (κ3) is 2.69. The molecule has 104 valence electrons. The van der Waals surface area contributed by atoms with Gasteiger partial charge >= 0.3 is 0 Å². The average molecular weight is 259 g/mol. The first-order valence-electron chi connectivity index (χ1n) is 6.95. The zero-order valence-electron chi connectivity index (χ0n) is 12.5. The van der Waals surface area contributed by atoms with Gasteiger partial charge in [0.15, 0.2) is 0 Å². The molecular formula is C17H25NO. The first-order valence-corrected chi connectivity index (χ1v) is 6.95. The summed E-state index contributed by atoms with van der Waals surface area (Å²) in [5, 5.41) is 3.66. The molecule has 19 heavy (non-hydrogen) atoms. The molecule has 2 rings (SSSR count). The van der Waals surface area contributed by atoms with E-state index in [0.717, 1.165) is 12.3 Å². The molecule has 1 aromatic rings. The number of ether oxygens (including phenoxy) is 1. The Hall–Kier alpha value is -1.28. The highest BCUT2D eigenvalue weighted by Crippen LogP contribution is 2.62. The summed E-state index contributed by atoms with van der Waals surface area (Å²) in [6.07, 6.45) is 1.76. The molecule has 1 aliphatic carbocycles. The van der Waals surface area contributed by atoms with E-state index in [4.69, 9.17) is 4.74 Å². The lowest BCUT2D eigenvalue weighted by atomic mass is 10.0. The summed E-state index contributed by atoms with van der Waals surface area (Å²) in [5.74, 6) is 0.899. The van der Waals surface area contributed by atoms with Gasteiger partial charge in [-0.15, -0.1) is 0 Å². The van der Waals surface area contributed by atoms with Gasteiger partial charge in [0.05, 0.1) is 0 Å². The van der Waals surface area contributed by atoms with Crippen molar-refractivity contribution >= 4 is 0 Å². The maximum absolute atomic E-state index is 5.48. The number of rotatable bonds is 6. The monoisotopic (exact) mass is 259 g/mol. The molecule has 0 bridgehead atoms. The van der Waals surface area contributed by atoms with Crippen molar-refractivity contribution in [3.63, 3.8) is 0 Å². The van der Waals surface area contributed by atoms with Crippen LogP contribution in [0.25, 0.3) is 0 Å². The third-order valence-electron chi connectivity index (χ3n) is 4.82. The van der Waals surface area contributed by atoms with E-state index < -0.39 is 0 Å². The fourth-order valence-electron chi connectivity index (χ4n) is 2.79. The Morgan fingerprint density at radius 1 is 1.16 bits per heavy atom. The van der Waals surface area contributed by atoms with Crippen LogP contribution in [-0.4, -0.2) is 12.6 Å². The van der Waals surface area contributed by atoms with Crippen LogP contribution in [0.1, 0.15) is 33.3 Å². The van der Waals surface area contributed by atoms with E-state index in [2.05, 4.69) is 51.7 Å². The summed E-state index contributed by atoms with van der Waals surface area (Å²) in [4.78, 5) is 0. The van der Waals surface area contributed by atoms with Gasteiger partial charge in [-0.2, -0.15) is 0 Å². The molecule has 1 saturated carbocycles. The summed E-state index contributed by atoms with van der Waals surface area (Å²) >= 11 is 0. The molecule has 1 aliphatic rings. The standard InChI is InChI=1S/C17H25NO/c1-6-11-19-14-9-7-13(8-10-14)12-18-15-16(2,3)17(15,4)5/h6-10,15,18H,1,11-12H2,2-5H3. The molecule has 0 unspecified atom stereocenters. The molecule has 1 aromatic carbocycles. The number of hydrogen-bond acceptors (Lipinski definition) is 2. The molecule has 1 fully saturated rings. The van der Waals surface area contributed by atoms with Gasteiger partial charge in [-0.25, -0.2) is 0 Å². The summed E-state index contributed by atoms with van der Waals surface area (Å²) in [7, 11) is 0. The van der Waals surface area contributed by atoms with Gasteiger partial charge in [0.25, 0.3) is 0 Å². The zero-order chi connectivity index (χ0) is 14.1. The predicted molar refractivity (Wildman–Crippen MR) is 80.3 cm³/mol. The van der Waals surface area contributed by atoms with Crippen LogP contribution >= 0.6 is 0 Å². The van der Waals surface area contributed by atoms with Crippen molar-refractivity contribution < 1.29 is 4.74 Å². The molecular weight excluding hydrogens is 234 g/mol.